The number of aromatic nitrogens is 2. The lowest BCUT2D eigenvalue weighted by atomic mass is 10.3. The molecule has 0 aliphatic rings. The van der Waals surface area contributed by atoms with E-state index < -0.39 is 11.2 Å². The van der Waals surface area contributed by atoms with Gasteiger partial charge in [-0.2, -0.15) is 13.2 Å². The van der Waals surface area contributed by atoms with E-state index in [1.807, 2.05) is 0 Å². The number of halogens is 4. The predicted molar refractivity (Wildman–Crippen MR) is 57.3 cm³/mol. The van der Waals surface area contributed by atoms with E-state index in [4.69, 9.17) is 17.0 Å². The Morgan fingerprint density at radius 3 is 2.47 bits per heavy atom. The smallest absolute Gasteiger partial charge is 0.273 e. The molecule has 1 aromatic heterocycles. The van der Waals surface area contributed by atoms with Gasteiger partial charge in [0.05, 0.1) is 10.7 Å². The van der Waals surface area contributed by atoms with Crippen molar-refractivity contribution in [3.63, 3.8) is 0 Å². The van der Waals surface area contributed by atoms with Gasteiger partial charge in [0.15, 0.2) is 0 Å². The van der Waals surface area contributed by atoms with Crippen LogP contribution in [0.5, 0.6) is 0 Å². The van der Waals surface area contributed by atoms with E-state index in [9.17, 15) is 13.2 Å². The largest absolute Gasteiger partial charge is 0.445 e. The second-order valence-corrected chi connectivity index (χ2v) is 4.46. The summed E-state index contributed by atoms with van der Waals surface area (Å²) >= 11 is 6.09. The number of alkyl halides is 3. The van der Waals surface area contributed by atoms with Crippen LogP contribution in [0.2, 0.25) is 5.02 Å². The molecule has 1 heterocycles. The van der Waals surface area contributed by atoms with Crippen molar-refractivity contribution >= 4 is 22.9 Å². The van der Waals surface area contributed by atoms with Crippen LogP contribution in [0, 0.1) is 5.41 Å². The Morgan fingerprint density at radius 1 is 1.29 bits per heavy atom. The van der Waals surface area contributed by atoms with Gasteiger partial charge in [-0.3, -0.25) is 5.41 Å². The van der Waals surface area contributed by atoms with E-state index in [-0.39, 0.29) is 26.8 Å². The van der Waals surface area contributed by atoms with Crippen molar-refractivity contribution in [2.45, 2.75) is 6.18 Å². The third-order valence-corrected chi connectivity index (χ3v) is 3.09. The van der Waals surface area contributed by atoms with Crippen LogP contribution in [0.3, 0.4) is 0 Å². The van der Waals surface area contributed by atoms with Crippen molar-refractivity contribution in [2.24, 2.45) is 0 Å². The van der Waals surface area contributed by atoms with E-state index in [0.29, 0.717) is 0 Å². The summed E-state index contributed by atoms with van der Waals surface area (Å²) in [6.45, 7) is 0. The molecule has 0 saturated heterocycles. The summed E-state index contributed by atoms with van der Waals surface area (Å²) in [6.07, 6.45) is -4.55. The van der Waals surface area contributed by atoms with Gasteiger partial charge in [-0.1, -0.05) is 35.1 Å². The molecule has 17 heavy (non-hydrogen) atoms. The molecule has 0 atom stereocenters. The standard InChI is InChI=1S/C9H5ClF3N3S/c10-5-3-1-2-4-6(5)16-8(14)17-7(15-16)9(11,12)13/h1-4,14H. The van der Waals surface area contributed by atoms with Crippen molar-refractivity contribution in [1.82, 2.24) is 9.78 Å². The van der Waals surface area contributed by atoms with E-state index in [1.165, 1.54) is 12.1 Å². The van der Waals surface area contributed by atoms with Crippen LogP contribution < -0.4 is 4.80 Å². The fraction of sp³-hybridized carbons (Fsp3) is 0.111. The molecule has 1 N–H and O–H groups in total. The molecule has 0 aliphatic carbocycles. The first-order valence-electron chi connectivity index (χ1n) is 4.36. The Balaban J connectivity index is 2.59. The molecule has 0 saturated carbocycles. The SMILES string of the molecule is N=c1sc(C(F)(F)F)nn1-c1ccccc1Cl. The van der Waals surface area contributed by atoms with Gasteiger partial charge in [-0.25, -0.2) is 4.68 Å². The fourth-order valence-corrected chi connectivity index (χ4v) is 2.06. The molecule has 1 aromatic carbocycles. The molecular formula is C9H5ClF3N3S. The maximum atomic E-state index is 12.4. The summed E-state index contributed by atoms with van der Waals surface area (Å²) in [6, 6.07) is 6.28. The summed E-state index contributed by atoms with van der Waals surface area (Å²) in [5, 5.41) is 9.99. The number of hydrogen-bond donors (Lipinski definition) is 1. The van der Waals surface area contributed by atoms with Gasteiger partial charge in [-0.05, 0) is 12.1 Å². The number of nitrogens with one attached hydrogen (secondary N) is 1. The highest BCUT2D eigenvalue weighted by molar-refractivity contribution is 7.08. The van der Waals surface area contributed by atoms with Gasteiger partial charge in [0, 0.05) is 0 Å². The molecule has 8 heteroatoms. The number of rotatable bonds is 1. The summed E-state index contributed by atoms with van der Waals surface area (Å²) in [5.41, 5.74) is 0.255. The van der Waals surface area contributed by atoms with Gasteiger partial charge >= 0.3 is 6.18 Å². The first kappa shape index (κ1) is 12.1. The van der Waals surface area contributed by atoms with Gasteiger partial charge in [0.2, 0.25) is 9.81 Å². The zero-order valence-electron chi connectivity index (χ0n) is 8.12. The maximum absolute atomic E-state index is 12.4. The second kappa shape index (κ2) is 4.15. The first-order valence-corrected chi connectivity index (χ1v) is 5.56. The molecule has 0 aliphatic heterocycles. The molecular weight excluding hydrogens is 275 g/mol. The summed E-state index contributed by atoms with van der Waals surface area (Å²) in [7, 11) is 0. The first-order chi connectivity index (χ1) is 7.89. The van der Waals surface area contributed by atoms with Gasteiger partial charge in [0.1, 0.15) is 0 Å². The highest BCUT2D eigenvalue weighted by Crippen LogP contribution is 2.30. The Morgan fingerprint density at radius 2 is 1.94 bits per heavy atom. The van der Waals surface area contributed by atoms with E-state index in [1.54, 1.807) is 12.1 Å². The third-order valence-electron chi connectivity index (χ3n) is 1.90. The molecule has 0 radical (unpaired) electrons. The molecule has 3 nitrogen and oxygen atoms in total. The van der Waals surface area contributed by atoms with Crippen LogP contribution in [0.1, 0.15) is 5.01 Å². The number of nitrogens with zero attached hydrogens (tertiary/aromatic N) is 2. The lowest BCUT2D eigenvalue weighted by molar-refractivity contribution is -0.138. The monoisotopic (exact) mass is 279 g/mol. The summed E-state index contributed by atoms with van der Waals surface area (Å²) in [5.74, 6) is 0. The molecule has 0 unspecified atom stereocenters. The zero-order valence-corrected chi connectivity index (χ0v) is 9.70. The van der Waals surface area contributed by atoms with Crippen molar-refractivity contribution in [3.8, 4) is 5.69 Å². The Bertz CT molecular complexity index is 602. The minimum atomic E-state index is -4.55. The zero-order chi connectivity index (χ0) is 12.6. The molecule has 0 fully saturated rings. The summed E-state index contributed by atoms with van der Waals surface area (Å²) < 4.78 is 38.1. The average Bonchev–Trinajstić information content (AvgIpc) is 2.61. The van der Waals surface area contributed by atoms with Crippen molar-refractivity contribution in [1.29, 1.82) is 5.41 Å². The number of benzene rings is 1. The normalized spacial score (nSPS) is 11.8. The molecule has 2 aromatic rings. The Kier molecular flexibility index (Phi) is 2.96. The van der Waals surface area contributed by atoms with Crippen LogP contribution >= 0.6 is 22.9 Å². The van der Waals surface area contributed by atoms with Gasteiger partial charge < -0.3 is 0 Å². The lowest BCUT2D eigenvalue weighted by Gasteiger charge is -2.03. The second-order valence-electron chi connectivity index (χ2n) is 3.07. The highest BCUT2D eigenvalue weighted by atomic mass is 35.5. The van der Waals surface area contributed by atoms with Crippen LogP contribution in [0.4, 0.5) is 13.2 Å². The minimum absolute atomic E-state index is 0.241. The van der Waals surface area contributed by atoms with Crippen molar-refractivity contribution in [3.05, 3.63) is 39.1 Å². The fourth-order valence-electron chi connectivity index (χ4n) is 1.19. The van der Waals surface area contributed by atoms with Crippen LogP contribution in [-0.4, -0.2) is 9.78 Å². The van der Waals surface area contributed by atoms with Crippen LogP contribution in [0.25, 0.3) is 5.69 Å². The Hall–Kier alpha value is -1.34. The molecule has 0 amide bonds. The van der Waals surface area contributed by atoms with E-state index in [2.05, 4.69) is 5.10 Å². The van der Waals surface area contributed by atoms with E-state index in [0.717, 1.165) is 4.68 Å². The molecule has 0 spiro atoms. The average molecular weight is 280 g/mol. The molecule has 2 rings (SSSR count). The minimum Gasteiger partial charge on any atom is -0.273 e. The number of para-hydroxylation sites is 1. The molecule has 90 valence electrons. The van der Waals surface area contributed by atoms with Gasteiger partial charge in [0.25, 0.3) is 0 Å². The quantitative estimate of drug-likeness (QED) is 0.856. The summed E-state index contributed by atoms with van der Waals surface area (Å²) in [4.78, 5) is -0.328. The molecule has 0 bridgehead atoms. The van der Waals surface area contributed by atoms with Crippen LogP contribution in [0.15, 0.2) is 24.3 Å². The van der Waals surface area contributed by atoms with Crippen molar-refractivity contribution in [2.75, 3.05) is 0 Å². The van der Waals surface area contributed by atoms with Crippen molar-refractivity contribution < 1.29 is 13.2 Å². The maximum Gasteiger partial charge on any atom is 0.445 e. The third kappa shape index (κ3) is 2.34. The van der Waals surface area contributed by atoms with Crippen LogP contribution in [-0.2, 0) is 6.18 Å². The number of hydrogen-bond acceptors (Lipinski definition) is 3. The van der Waals surface area contributed by atoms with E-state index >= 15 is 0 Å². The Labute approximate surface area is 103 Å². The topological polar surface area (TPSA) is 41.7 Å². The highest BCUT2D eigenvalue weighted by Gasteiger charge is 2.35. The van der Waals surface area contributed by atoms with Gasteiger partial charge in [-0.15, -0.1) is 5.10 Å². The lowest BCUT2D eigenvalue weighted by Crippen LogP contribution is -2.13. The predicted octanol–water partition coefficient (Wildman–Crippen LogP) is 3.09.